The van der Waals surface area contributed by atoms with Crippen molar-refractivity contribution in [1.82, 2.24) is 4.98 Å². The van der Waals surface area contributed by atoms with Gasteiger partial charge in [0, 0.05) is 10.9 Å². The molecule has 2 heterocycles. The summed E-state index contributed by atoms with van der Waals surface area (Å²) < 4.78 is 5.95. The van der Waals surface area contributed by atoms with Gasteiger partial charge in [0.25, 0.3) is 5.56 Å². The largest absolute Gasteiger partial charge is 0.454 e. The molecule has 0 amide bonds. The van der Waals surface area contributed by atoms with E-state index >= 15 is 0 Å². The summed E-state index contributed by atoms with van der Waals surface area (Å²) >= 11 is 0. The molecule has 22 heavy (non-hydrogen) atoms. The van der Waals surface area contributed by atoms with Gasteiger partial charge >= 0.3 is 0 Å². The third kappa shape index (κ3) is 1.78. The quantitative estimate of drug-likeness (QED) is 0.594. The van der Waals surface area contributed by atoms with Crippen molar-refractivity contribution in [3.63, 3.8) is 0 Å². The summed E-state index contributed by atoms with van der Waals surface area (Å²) in [5, 5.41) is 10.5. The zero-order chi connectivity index (χ0) is 15.1. The summed E-state index contributed by atoms with van der Waals surface area (Å²) in [5.74, 6) is 0. The van der Waals surface area contributed by atoms with Gasteiger partial charge in [0.05, 0.1) is 17.7 Å². The van der Waals surface area contributed by atoms with E-state index in [0.717, 1.165) is 10.9 Å². The number of benzene rings is 2. The molecule has 0 radical (unpaired) electrons. The minimum Gasteiger partial charge on any atom is -0.454 e. The minimum atomic E-state index is -0.341. The molecule has 0 fully saturated rings. The van der Waals surface area contributed by atoms with Gasteiger partial charge in [0.1, 0.15) is 5.58 Å². The Morgan fingerprint density at radius 1 is 1.00 bits per heavy atom. The van der Waals surface area contributed by atoms with Crippen molar-refractivity contribution < 1.29 is 9.52 Å². The summed E-state index contributed by atoms with van der Waals surface area (Å²) in [6, 6.07) is 17.1. The molecule has 2 aromatic heterocycles. The van der Waals surface area contributed by atoms with Gasteiger partial charge in [-0.25, -0.2) is 0 Å². The number of H-pyrrole nitrogens is 1. The first-order chi connectivity index (χ1) is 10.8. The fourth-order valence-electron chi connectivity index (χ4n) is 2.85. The van der Waals surface area contributed by atoms with Crippen molar-refractivity contribution in [2.24, 2.45) is 0 Å². The Kier molecular flexibility index (Phi) is 2.84. The summed E-state index contributed by atoms with van der Waals surface area (Å²) in [5.41, 5.74) is 3.49. The molecule has 0 atom stereocenters. The van der Waals surface area contributed by atoms with Crippen LogP contribution in [-0.2, 0) is 6.61 Å². The topological polar surface area (TPSA) is 66.2 Å². The smallest absolute Gasteiger partial charge is 0.254 e. The maximum atomic E-state index is 12.3. The minimum absolute atomic E-state index is 0.291. The van der Waals surface area contributed by atoms with E-state index in [4.69, 9.17) is 4.42 Å². The third-order valence-corrected chi connectivity index (χ3v) is 3.86. The van der Waals surface area contributed by atoms with E-state index in [1.807, 2.05) is 54.6 Å². The van der Waals surface area contributed by atoms with Crippen LogP contribution in [0.15, 0.2) is 63.8 Å². The predicted molar refractivity (Wildman–Crippen MR) is 85.7 cm³/mol. The van der Waals surface area contributed by atoms with Crippen LogP contribution in [0.3, 0.4) is 0 Å². The molecule has 108 valence electrons. The summed E-state index contributed by atoms with van der Waals surface area (Å²) in [4.78, 5) is 15.2. The van der Waals surface area contributed by atoms with E-state index in [2.05, 4.69) is 4.98 Å². The lowest BCUT2D eigenvalue weighted by Gasteiger charge is -2.07. The Bertz CT molecular complexity index is 1030. The number of aromatic amines is 1. The van der Waals surface area contributed by atoms with E-state index in [0.29, 0.717) is 27.8 Å². The number of aromatic nitrogens is 1. The molecule has 4 heteroatoms. The molecule has 2 N–H and O–H groups in total. The first-order valence-electron chi connectivity index (χ1n) is 7.02. The second kappa shape index (κ2) is 4.86. The Labute approximate surface area is 125 Å². The number of furan rings is 1. The fourth-order valence-corrected chi connectivity index (χ4v) is 2.85. The predicted octanol–water partition coefficient (Wildman–Crippen LogP) is 3.43. The normalized spacial score (nSPS) is 11.3. The summed E-state index contributed by atoms with van der Waals surface area (Å²) in [6.07, 6.45) is 0. The van der Waals surface area contributed by atoms with Crippen molar-refractivity contribution >= 4 is 22.1 Å². The highest BCUT2D eigenvalue weighted by atomic mass is 16.3. The van der Waals surface area contributed by atoms with Gasteiger partial charge in [-0.2, -0.15) is 0 Å². The SMILES string of the molecule is O=c1[nH]c2c(oc3ccccc32)c(-c2ccccc2)c1CO. The molecule has 0 saturated carbocycles. The van der Waals surface area contributed by atoms with Crippen LogP contribution in [0.25, 0.3) is 33.2 Å². The van der Waals surface area contributed by atoms with Gasteiger partial charge in [-0.3, -0.25) is 4.79 Å². The lowest BCUT2D eigenvalue weighted by atomic mass is 10.00. The van der Waals surface area contributed by atoms with Crippen LogP contribution in [0, 0.1) is 0 Å². The molecule has 0 aliphatic rings. The van der Waals surface area contributed by atoms with Crippen molar-refractivity contribution in [2.45, 2.75) is 6.61 Å². The monoisotopic (exact) mass is 291 g/mol. The number of hydrogen-bond acceptors (Lipinski definition) is 3. The van der Waals surface area contributed by atoms with E-state index in [1.165, 1.54) is 0 Å². The molecule has 0 spiro atoms. The van der Waals surface area contributed by atoms with Crippen molar-refractivity contribution in [3.05, 3.63) is 70.5 Å². The number of fused-ring (bicyclic) bond motifs is 3. The molecule has 0 aliphatic heterocycles. The van der Waals surface area contributed by atoms with Crippen molar-refractivity contribution in [1.29, 1.82) is 0 Å². The highest BCUT2D eigenvalue weighted by Gasteiger charge is 2.18. The van der Waals surface area contributed by atoms with Crippen LogP contribution in [0.5, 0.6) is 0 Å². The average molecular weight is 291 g/mol. The maximum absolute atomic E-state index is 12.3. The second-order valence-electron chi connectivity index (χ2n) is 5.13. The Morgan fingerprint density at radius 3 is 2.50 bits per heavy atom. The van der Waals surface area contributed by atoms with Gasteiger partial charge in [0.2, 0.25) is 0 Å². The molecule has 0 saturated heterocycles. The van der Waals surface area contributed by atoms with Gasteiger partial charge in [-0.15, -0.1) is 0 Å². The number of aliphatic hydroxyl groups is 1. The van der Waals surface area contributed by atoms with E-state index < -0.39 is 0 Å². The maximum Gasteiger partial charge on any atom is 0.254 e. The van der Waals surface area contributed by atoms with Gasteiger partial charge in [0.15, 0.2) is 5.58 Å². The highest BCUT2D eigenvalue weighted by Crippen LogP contribution is 2.35. The van der Waals surface area contributed by atoms with Gasteiger partial charge in [-0.05, 0) is 17.7 Å². The van der Waals surface area contributed by atoms with Crippen LogP contribution in [0.4, 0.5) is 0 Å². The highest BCUT2D eigenvalue weighted by molar-refractivity contribution is 6.07. The Hall–Kier alpha value is -2.85. The fraction of sp³-hybridized carbons (Fsp3) is 0.0556. The molecular weight excluding hydrogens is 278 g/mol. The lowest BCUT2D eigenvalue weighted by molar-refractivity contribution is 0.281. The lowest BCUT2D eigenvalue weighted by Crippen LogP contribution is -2.14. The zero-order valence-corrected chi connectivity index (χ0v) is 11.7. The molecule has 2 aromatic carbocycles. The van der Waals surface area contributed by atoms with Gasteiger partial charge in [-0.1, -0.05) is 42.5 Å². The Morgan fingerprint density at radius 2 is 1.73 bits per heavy atom. The number of rotatable bonds is 2. The van der Waals surface area contributed by atoms with Crippen LogP contribution in [0.2, 0.25) is 0 Å². The first-order valence-corrected chi connectivity index (χ1v) is 7.02. The third-order valence-electron chi connectivity index (χ3n) is 3.86. The molecule has 0 unspecified atom stereocenters. The molecular formula is C18H13NO3. The zero-order valence-electron chi connectivity index (χ0n) is 11.7. The number of hydrogen-bond donors (Lipinski definition) is 2. The molecule has 0 aliphatic carbocycles. The Balaban J connectivity index is 2.23. The standard InChI is InChI=1S/C18H13NO3/c20-10-13-15(11-6-2-1-3-7-11)17-16(19-18(13)21)12-8-4-5-9-14(12)22-17/h1-9,20H,10H2,(H,19,21). The van der Waals surface area contributed by atoms with Crippen molar-refractivity contribution in [2.75, 3.05) is 0 Å². The van der Waals surface area contributed by atoms with Crippen LogP contribution in [-0.4, -0.2) is 10.1 Å². The van der Waals surface area contributed by atoms with E-state index in [-0.39, 0.29) is 12.2 Å². The van der Waals surface area contributed by atoms with Crippen LogP contribution in [0.1, 0.15) is 5.56 Å². The van der Waals surface area contributed by atoms with E-state index in [1.54, 1.807) is 0 Å². The average Bonchev–Trinajstić information content (AvgIpc) is 2.92. The second-order valence-corrected chi connectivity index (χ2v) is 5.13. The van der Waals surface area contributed by atoms with E-state index in [9.17, 15) is 9.90 Å². The summed E-state index contributed by atoms with van der Waals surface area (Å²) in [7, 11) is 0. The number of nitrogens with one attached hydrogen (secondary N) is 1. The molecule has 4 nitrogen and oxygen atoms in total. The van der Waals surface area contributed by atoms with Crippen molar-refractivity contribution in [3.8, 4) is 11.1 Å². The molecule has 0 bridgehead atoms. The van der Waals surface area contributed by atoms with Gasteiger partial charge < -0.3 is 14.5 Å². The summed E-state index contributed by atoms with van der Waals surface area (Å²) in [6.45, 7) is -0.341. The number of aliphatic hydroxyl groups excluding tert-OH is 1. The number of para-hydroxylation sites is 1. The number of pyridine rings is 1. The molecule has 4 aromatic rings. The first kappa shape index (κ1) is 12.9. The van der Waals surface area contributed by atoms with Crippen LogP contribution < -0.4 is 5.56 Å². The molecule has 4 rings (SSSR count). The van der Waals surface area contributed by atoms with Crippen LogP contribution >= 0.6 is 0 Å².